The van der Waals surface area contributed by atoms with Crippen molar-refractivity contribution in [3.63, 3.8) is 0 Å². The number of morpholine rings is 1. The summed E-state index contributed by atoms with van der Waals surface area (Å²) in [5, 5.41) is 3.18. The second-order valence-electron chi connectivity index (χ2n) is 5.31. The molecule has 0 radical (unpaired) electrons. The molecule has 0 saturated carbocycles. The number of aromatic nitrogens is 1. The van der Waals surface area contributed by atoms with Crippen LogP contribution in [0.5, 0.6) is 0 Å². The first kappa shape index (κ1) is 15.4. The number of nitrogens with zero attached hydrogens (tertiary/aromatic N) is 2. The van der Waals surface area contributed by atoms with Gasteiger partial charge in [-0.2, -0.15) is 0 Å². The van der Waals surface area contributed by atoms with Crippen LogP contribution in [0, 0.1) is 0 Å². The van der Waals surface area contributed by atoms with E-state index in [0.717, 1.165) is 43.5 Å². The highest BCUT2D eigenvalue weighted by Gasteiger charge is 2.41. The molecular formula is C14H24N4OS. The number of rotatable bonds is 5. The molecule has 112 valence electrons. The van der Waals surface area contributed by atoms with Gasteiger partial charge in [-0.1, -0.05) is 12.2 Å². The van der Waals surface area contributed by atoms with Gasteiger partial charge < -0.3 is 15.0 Å². The fraction of sp³-hybridized carbons (Fsp3) is 0.643. The van der Waals surface area contributed by atoms with Gasteiger partial charge in [-0.15, -0.1) is 0 Å². The third-order valence-corrected chi connectivity index (χ3v) is 4.51. The van der Waals surface area contributed by atoms with Gasteiger partial charge in [0.1, 0.15) is 10.5 Å². The molecule has 1 aromatic rings. The normalized spacial score (nSPS) is 19.8. The van der Waals surface area contributed by atoms with E-state index < -0.39 is 0 Å². The third-order valence-electron chi connectivity index (χ3n) is 3.97. The van der Waals surface area contributed by atoms with Crippen LogP contribution >= 0.6 is 12.2 Å². The largest absolute Gasteiger partial charge is 0.381 e. The lowest BCUT2D eigenvalue weighted by molar-refractivity contribution is 0.0181. The predicted octanol–water partition coefficient (Wildman–Crippen LogP) is 0.651. The molecule has 2 N–H and O–H groups in total. The molecule has 1 aliphatic rings. The maximum Gasteiger partial charge on any atom is 0.124 e. The van der Waals surface area contributed by atoms with E-state index in [9.17, 15) is 0 Å². The highest BCUT2D eigenvalue weighted by Crippen LogP contribution is 2.28. The van der Waals surface area contributed by atoms with Gasteiger partial charge in [0.15, 0.2) is 0 Å². The van der Waals surface area contributed by atoms with Gasteiger partial charge in [0.2, 0.25) is 0 Å². The topological polar surface area (TPSA) is 43.5 Å². The summed E-state index contributed by atoms with van der Waals surface area (Å²) in [5.74, 6) is 0. The van der Waals surface area contributed by atoms with Crippen molar-refractivity contribution >= 4 is 17.2 Å². The molecule has 5 nitrogen and oxygen atoms in total. The van der Waals surface area contributed by atoms with Gasteiger partial charge in [0.25, 0.3) is 0 Å². The van der Waals surface area contributed by atoms with Crippen molar-refractivity contribution < 1.29 is 4.74 Å². The molecule has 0 aromatic carbocycles. The Kier molecular flexibility index (Phi) is 5.15. The van der Waals surface area contributed by atoms with Crippen LogP contribution in [0.25, 0.3) is 0 Å². The number of likely N-dealkylation sites (N-methyl/N-ethyl adjacent to an activating group) is 2. The van der Waals surface area contributed by atoms with Crippen molar-refractivity contribution in [1.82, 2.24) is 20.1 Å². The van der Waals surface area contributed by atoms with Crippen LogP contribution in [-0.4, -0.2) is 73.8 Å². The van der Waals surface area contributed by atoms with Crippen molar-refractivity contribution in [2.45, 2.75) is 5.54 Å². The average molecular weight is 296 g/mol. The molecule has 2 heterocycles. The van der Waals surface area contributed by atoms with Crippen molar-refractivity contribution in [1.29, 1.82) is 0 Å². The predicted molar refractivity (Wildman–Crippen MR) is 85.1 cm³/mol. The Morgan fingerprint density at radius 2 is 2.20 bits per heavy atom. The second-order valence-corrected chi connectivity index (χ2v) is 5.71. The minimum atomic E-state index is -0.342. The molecule has 0 aliphatic carbocycles. The van der Waals surface area contributed by atoms with Crippen LogP contribution in [0.1, 0.15) is 5.69 Å². The summed E-state index contributed by atoms with van der Waals surface area (Å²) in [5.41, 5.74) is 0.776. The smallest absolute Gasteiger partial charge is 0.124 e. The number of nitrogens with one attached hydrogen (secondary N) is 2. The van der Waals surface area contributed by atoms with Gasteiger partial charge >= 0.3 is 0 Å². The van der Waals surface area contributed by atoms with Crippen LogP contribution in [0.3, 0.4) is 0 Å². The molecule has 2 rings (SSSR count). The lowest BCUT2D eigenvalue weighted by Crippen LogP contribution is -2.59. The third kappa shape index (κ3) is 2.88. The Hall–Kier alpha value is -0.950. The Morgan fingerprint density at radius 3 is 2.70 bits per heavy atom. The molecule has 6 heteroatoms. The fourth-order valence-corrected chi connectivity index (χ4v) is 3.10. The highest BCUT2D eigenvalue weighted by molar-refractivity contribution is 7.80. The van der Waals surface area contributed by atoms with E-state index in [4.69, 9.17) is 17.0 Å². The van der Waals surface area contributed by atoms with E-state index in [1.54, 1.807) is 0 Å². The lowest BCUT2D eigenvalue weighted by Gasteiger charge is -2.43. The number of H-pyrrole nitrogens is 1. The first-order chi connectivity index (χ1) is 9.61. The first-order valence-corrected chi connectivity index (χ1v) is 7.35. The summed E-state index contributed by atoms with van der Waals surface area (Å²) in [7, 11) is 6.04. The summed E-state index contributed by atoms with van der Waals surface area (Å²) >= 11 is 5.65. The minimum absolute atomic E-state index is 0.342. The zero-order valence-electron chi connectivity index (χ0n) is 12.5. The molecule has 20 heavy (non-hydrogen) atoms. The number of hydrogen-bond acceptors (Lipinski definition) is 4. The summed E-state index contributed by atoms with van der Waals surface area (Å²) in [6.07, 6.45) is 1.95. The second kappa shape index (κ2) is 6.67. The van der Waals surface area contributed by atoms with Crippen LogP contribution in [-0.2, 0) is 10.3 Å². The Labute approximate surface area is 126 Å². The molecule has 1 aromatic heterocycles. The van der Waals surface area contributed by atoms with E-state index in [2.05, 4.69) is 40.3 Å². The number of hydrogen-bond donors (Lipinski definition) is 2. The summed E-state index contributed by atoms with van der Waals surface area (Å²) in [6, 6.07) is 4.12. The molecule has 1 atom stereocenters. The van der Waals surface area contributed by atoms with Gasteiger partial charge in [-0.25, -0.2) is 0 Å². The standard InChI is InChI=1S/C14H24N4OS/c1-15-13(20)14(17(2)3,12-5-4-6-16-12)11-18-7-9-19-10-8-18/h4-6,16H,7-11H2,1-3H3,(H,15,20). The van der Waals surface area contributed by atoms with Crippen LogP contribution in [0.4, 0.5) is 0 Å². The Balaban J connectivity index is 2.33. The van der Waals surface area contributed by atoms with Gasteiger partial charge in [0, 0.05) is 38.6 Å². The number of aromatic amines is 1. The van der Waals surface area contributed by atoms with Crippen LogP contribution in [0.15, 0.2) is 18.3 Å². The van der Waals surface area contributed by atoms with E-state index in [1.165, 1.54) is 0 Å². The number of ether oxygens (including phenoxy) is 1. The Bertz CT molecular complexity index is 428. The van der Waals surface area contributed by atoms with E-state index in [-0.39, 0.29) is 5.54 Å². The monoisotopic (exact) mass is 296 g/mol. The maximum atomic E-state index is 5.65. The quantitative estimate of drug-likeness (QED) is 0.781. The zero-order valence-corrected chi connectivity index (χ0v) is 13.3. The van der Waals surface area contributed by atoms with Gasteiger partial charge in [-0.3, -0.25) is 9.80 Å². The SMILES string of the molecule is CNC(=S)C(CN1CCOCC1)(c1ccc[nH]1)N(C)C. The molecule has 1 saturated heterocycles. The van der Waals surface area contributed by atoms with E-state index >= 15 is 0 Å². The van der Waals surface area contributed by atoms with Crippen LogP contribution < -0.4 is 5.32 Å². The Morgan fingerprint density at radius 1 is 1.50 bits per heavy atom. The van der Waals surface area contributed by atoms with E-state index in [1.807, 2.05) is 19.3 Å². The van der Waals surface area contributed by atoms with E-state index in [0.29, 0.717) is 0 Å². The highest BCUT2D eigenvalue weighted by atomic mass is 32.1. The molecule has 1 fully saturated rings. The average Bonchev–Trinajstić information content (AvgIpc) is 2.99. The molecule has 0 spiro atoms. The number of thiocarbonyl (C=S) groups is 1. The van der Waals surface area contributed by atoms with Crippen LogP contribution in [0.2, 0.25) is 0 Å². The summed E-state index contributed by atoms with van der Waals surface area (Å²) in [4.78, 5) is 8.77. The van der Waals surface area contributed by atoms with Crippen molar-refractivity contribution in [2.24, 2.45) is 0 Å². The molecule has 0 amide bonds. The van der Waals surface area contributed by atoms with Gasteiger partial charge in [-0.05, 0) is 26.2 Å². The minimum Gasteiger partial charge on any atom is -0.381 e. The molecule has 1 aliphatic heterocycles. The van der Waals surface area contributed by atoms with Crippen molar-refractivity contribution in [3.8, 4) is 0 Å². The molecule has 0 bridgehead atoms. The maximum absolute atomic E-state index is 5.65. The zero-order chi connectivity index (χ0) is 14.6. The van der Waals surface area contributed by atoms with Crippen molar-refractivity contribution in [2.75, 3.05) is 54.0 Å². The first-order valence-electron chi connectivity index (χ1n) is 6.95. The molecular weight excluding hydrogens is 272 g/mol. The summed E-state index contributed by atoms with van der Waals surface area (Å²) < 4.78 is 5.44. The fourth-order valence-electron chi connectivity index (χ4n) is 2.74. The van der Waals surface area contributed by atoms with Gasteiger partial charge in [0.05, 0.1) is 13.2 Å². The lowest BCUT2D eigenvalue weighted by atomic mass is 9.92. The summed E-state index contributed by atoms with van der Waals surface area (Å²) in [6.45, 7) is 4.33. The van der Waals surface area contributed by atoms with Crippen molar-refractivity contribution in [3.05, 3.63) is 24.0 Å². The molecule has 1 unspecified atom stereocenters.